The number of halogens is 1. The summed E-state index contributed by atoms with van der Waals surface area (Å²) in [5.41, 5.74) is 2.22. The fraction of sp³-hybridized carbons (Fsp3) is 0.474. The molecular formula is C19H28IN5S. The number of hydrogen-bond acceptors (Lipinski definition) is 3. The summed E-state index contributed by atoms with van der Waals surface area (Å²) in [4.78, 5) is 6.86. The molecule has 1 unspecified atom stereocenters. The molecule has 0 saturated carbocycles. The lowest BCUT2D eigenvalue weighted by Crippen LogP contribution is -2.48. The monoisotopic (exact) mass is 485 g/mol. The molecule has 0 radical (unpaired) electrons. The molecule has 0 spiro atoms. The third-order valence-corrected chi connectivity index (χ3v) is 6.00. The normalized spacial score (nSPS) is 17.9. The van der Waals surface area contributed by atoms with Crippen molar-refractivity contribution < 1.29 is 0 Å². The van der Waals surface area contributed by atoms with Crippen LogP contribution in [0, 0.1) is 5.92 Å². The van der Waals surface area contributed by atoms with Crippen molar-refractivity contribution in [1.82, 2.24) is 20.0 Å². The lowest BCUT2D eigenvalue weighted by atomic mass is 10.1. The summed E-state index contributed by atoms with van der Waals surface area (Å²) in [6.07, 6.45) is 3.98. The van der Waals surface area contributed by atoms with Gasteiger partial charge >= 0.3 is 0 Å². The van der Waals surface area contributed by atoms with Crippen LogP contribution in [0.15, 0.2) is 47.7 Å². The van der Waals surface area contributed by atoms with Crippen molar-refractivity contribution in [1.29, 1.82) is 0 Å². The highest BCUT2D eigenvalue weighted by Crippen LogP contribution is 2.24. The van der Waals surface area contributed by atoms with E-state index in [1.54, 1.807) is 0 Å². The van der Waals surface area contributed by atoms with Crippen LogP contribution < -0.4 is 5.32 Å². The quantitative estimate of drug-likeness (QED) is 0.408. The Morgan fingerprint density at radius 2 is 2.12 bits per heavy atom. The summed E-state index contributed by atoms with van der Waals surface area (Å²) < 4.78 is 1.91. The third kappa shape index (κ3) is 5.39. The number of hydrogen-bond donors (Lipinski definition) is 1. The number of aliphatic imine (C=N–C) groups is 1. The van der Waals surface area contributed by atoms with E-state index in [1.807, 2.05) is 36.1 Å². The molecule has 2 heterocycles. The SMILES string of the molecule is CN=C(NCc1cnn(-c2ccccc2)c1)N1CCSC(C(C)C)C1.I. The maximum Gasteiger partial charge on any atom is 0.193 e. The molecule has 7 heteroatoms. The standard InChI is InChI=1S/C19H27N5S.HI/c1-15(2)18-14-23(9-10-25-18)19(20-3)21-11-16-12-22-24(13-16)17-7-5-4-6-8-17;/h4-8,12-13,15,18H,9-11,14H2,1-3H3,(H,20,21);1H. The lowest BCUT2D eigenvalue weighted by molar-refractivity contribution is 0.380. The predicted octanol–water partition coefficient (Wildman–Crippen LogP) is 3.64. The van der Waals surface area contributed by atoms with E-state index in [2.05, 4.69) is 64.2 Å². The van der Waals surface area contributed by atoms with Crippen molar-refractivity contribution in [3.05, 3.63) is 48.3 Å². The first-order chi connectivity index (χ1) is 12.2. The molecule has 1 aliphatic heterocycles. The maximum absolute atomic E-state index is 4.48. The lowest BCUT2D eigenvalue weighted by Gasteiger charge is -2.36. The molecule has 0 aliphatic carbocycles. The minimum atomic E-state index is 0. The van der Waals surface area contributed by atoms with Crippen LogP contribution in [-0.2, 0) is 6.54 Å². The van der Waals surface area contributed by atoms with Gasteiger partial charge in [-0.15, -0.1) is 24.0 Å². The molecule has 0 amide bonds. The van der Waals surface area contributed by atoms with Crippen LogP contribution in [0.5, 0.6) is 0 Å². The van der Waals surface area contributed by atoms with Gasteiger partial charge in [0.25, 0.3) is 0 Å². The molecule has 142 valence electrons. The molecule has 1 aromatic heterocycles. The Bertz CT molecular complexity index is 701. The van der Waals surface area contributed by atoms with Crippen LogP contribution in [0.4, 0.5) is 0 Å². The first-order valence-electron chi connectivity index (χ1n) is 8.83. The number of nitrogens with one attached hydrogen (secondary N) is 1. The van der Waals surface area contributed by atoms with Crippen molar-refractivity contribution in [2.75, 3.05) is 25.9 Å². The van der Waals surface area contributed by atoms with E-state index in [4.69, 9.17) is 0 Å². The Balaban J connectivity index is 0.00000243. The fourth-order valence-electron chi connectivity index (χ4n) is 2.96. The van der Waals surface area contributed by atoms with Crippen molar-refractivity contribution >= 4 is 41.7 Å². The molecule has 2 aromatic rings. The Labute approximate surface area is 177 Å². The summed E-state index contributed by atoms with van der Waals surface area (Å²) in [6.45, 7) is 7.45. The average molecular weight is 485 g/mol. The van der Waals surface area contributed by atoms with Gasteiger partial charge in [0, 0.05) is 49.4 Å². The van der Waals surface area contributed by atoms with Crippen molar-refractivity contribution in [2.45, 2.75) is 25.6 Å². The van der Waals surface area contributed by atoms with Gasteiger partial charge < -0.3 is 10.2 Å². The Morgan fingerprint density at radius 1 is 1.35 bits per heavy atom. The second-order valence-electron chi connectivity index (χ2n) is 6.63. The van der Waals surface area contributed by atoms with Gasteiger partial charge in [0.15, 0.2) is 5.96 Å². The minimum Gasteiger partial charge on any atom is -0.352 e. The first-order valence-corrected chi connectivity index (χ1v) is 9.88. The van der Waals surface area contributed by atoms with Crippen molar-refractivity contribution in [3.8, 4) is 5.69 Å². The summed E-state index contributed by atoms with van der Waals surface area (Å²) in [6, 6.07) is 10.2. The molecule has 1 atom stereocenters. The highest BCUT2D eigenvalue weighted by molar-refractivity contribution is 14.0. The van der Waals surface area contributed by atoms with Gasteiger partial charge in [0.1, 0.15) is 0 Å². The van der Waals surface area contributed by atoms with E-state index < -0.39 is 0 Å². The Kier molecular flexibility index (Phi) is 8.27. The van der Waals surface area contributed by atoms with Crippen molar-refractivity contribution in [2.24, 2.45) is 10.9 Å². The number of aromatic nitrogens is 2. The average Bonchev–Trinajstić information content (AvgIpc) is 3.12. The van der Waals surface area contributed by atoms with Gasteiger partial charge in [-0.2, -0.15) is 16.9 Å². The highest BCUT2D eigenvalue weighted by atomic mass is 127. The maximum atomic E-state index is 4.48. The third-order valence-electron chi connectivity index (χ3n) is 4.46. The summed E-state index contributed by atoms with van der Waals surface area (Å²) in [5, 5.41) is 8.63. The van der Waals surface area contributed by atoms with Gasteiger partial charge in [-0.25, -0.2) is 4.68 Å². The second-order valence-corrected chi connectivity index (χ2v) is 7.98. The predicted molar refractivity (Wildman–Crippen MR) is 122 cm³/mol. The largest absolute Gasteiger partial charge is 0.352 e. The van der Waals surface area contributed by atoms with Crippen LogP contribution in [0.1, 0.15) is 19.4 Å². The molecule has 1 aromatic carbocycles. The summed E-state index contributed by atoms with van der Waals surface area (Å²) >= 11 is 2.08. The van der Waals surface area contributed by atoms with E-state index >= 15 is 0 Å². The number of rotatable bonds is 4. The first kappa shape index (κ1) is 21.1. The van der Waals surface area contributed by atoms with Crippen molar-refractivity contribution in [3.63, 3.8) is 0 Å². The fourth-order valence-corrected chi connectivity index (χ4v) is 4.26. The van der Waals surface area contributed by atoms with E-state index in [0.717, 1.165) is 42.6 Å². The van der Waals surface area contributed by atoms with Gasteiger partial charge in [-0.3, -0.25) is 4.99 Å². The summed E-state index contributed by atoms with van der Waals surface area (Å²) in [5.74, 6) is 2.84. The zero-order valence-corrected chi connectivity index (χ0v) is 18.8. The number of guanidine groups is 1. The van der Waals surface area contributed by atoms with E-state index in [9.17, 15) is 0 Å². The van der Waals surface area contributed by atoms with E-state index in [-0.39, 0.29) is 24.0 Å². The number of nitrogens with zero attached hydrogens (tertiary/aromatic N) is 4. The Hall–Kier alpha value is -1.22. The molecule has 1 aliphatic rings. The van der Waals surface area contributed by atoms with Gasteiger partial charge in [0.2, 0.25) is 0 Å². The topological polar surface area (TPSA) is 45.5 Å². The van der Waals surface area contributed by atoms with Crippen LogP contribution in [-0.4, -0.2) is 51.8 Å². The van der Waals surface area contributed by atoms with Crippen LogP contribution in [0.25, 0.3) is 5.69 Å². The molecule has 1 fully saturated rings. The van der Waals surface area contributed by atoms with E-state index in [1.165, 1.54) is 0 Å². The van der Waals surface area contributed by atoms with Crippen LogP contribution >= 0.6 is 35.7 Å². The van der Waals surface area contributed by atoms with E-state index in [0.29, 0.717) is 11.2 Å². The molecule has 1 saturated heterocycles. The molecule has 0 bridgehead atoms. The number of benzene rings is 1. The molecule has 3 rings (SSSR count). The van der Waals surface area contributed by atoms with Gasteiger partial charge in [-0.05, 0) is 18.1 Å². The minimum absolute atomic E-state index is 0. The zero-order chi connectivity index (χ0) is 17.6. The van der Waals surface area contributed by atoms with Crippen LogP contribution in [0.3, 0.4) is 0 Å². The second kappa shape index (κ2) is 10.2. The highest BCUT2D eigenvalue weighted by Gasteiger charge is 2.24. The number of thioether (sulfide) groups is 1. The Morgan fingerprint density at radius 3 is 2.81 bits per heavy atom. The smallest absolute Gasteiger partial charge is 0.193 e. The molecule has 26 heavy (non-hydrogen) atoms. The summed E-state index contributed by atoms with van der Waals surface area (Å²) in [7, 11) is 1.86. The molecule has 1 N–H and O–H groups in total. The molecular weight excluding hydrogens is 457 g/mol. The number of para-hydroxylation sites is 1. The molecule has 5 nitrogen and oxygen atoms in total. The van der Waals surface area contributed by atoms with Gasteiger partial charge in [0.05, 0.1) is 11.9 Å². The van der Waals surface area contributed by atoms with Crippen LogP contribution in [0.2, 0.25) is 0 Å². The van der Waals surface area contributed by atoms with Gasteiger partial charge in [-0.1, -0.05) is 32.0 Å². The zero-order valence-electron chi connectivity index (χ0n) is 15.6.